The fourth-order valence-corrected chi connectivity index (χ4v) is 2.48. The molecule has 4 heteroatoms. The zero-order chi connectivity index (χ0) is 13.1. The minimum atomic E-state index is 0.0387. The van der Waals surface area contributed by atoms with Crippen LogP contribution in [0.2, 0.25) is 0 Å². The quantitative estimate of drug-likeness (QED) is 0.883. The van der Waals surface area contributed by atoms with Crippen LogP contribution in [0.1, 0.15) is 32.4 Å². The van der Waals surface area contributed by atoms with Crippen molar-refractivity contribution in [2.24, 2.45) is 5.73 Å². The molecular weight excluding hydrogens is 224 g/mol. The van der Waals surface area contributed by atoms with Crippen molar-refractivity contribution < 1.29 is 0 Å². The van der Waals surface area contributed by atoms with E-state index in [1.165, 1.54) is 0 Å². The molecule has 1 aromatic heterocycles. The highest BCUT2D eigenvalue weighted by Gasteiger charge is 2.22. The Balaban J connectivity index is 2.10. The Morgan fingerprint density at radius 1 is 1.17 bits per heavy atom. The number of pyridine rings is 1. The van der Waals surface area contributed by atoms with Gasteiger partial charge < -0.3 is 10.6 Å². The van der Waals surface area contributed by atoms with E-state index in [1.54, 1.807) is 0 Å². The third-order valence-electron chi connectivity index (χ3n) is 3.65. The largest absolute Gasteiger partial charge is 0.354 e. The Morgan fingerprint density at radius 2 is 1.83 bits per heavy atom. The van der Waals surface area contributed by atoms with Crippen LogP contribution in [0.3, 0.4) is 0 Å². The number of aromatic nitrogens is 1. The van der Waals surface area contributed by atoms with Gasteiger partial charge in [-0.05, 0) is 26.8 Å². The van der Waals surface area contributed by atoms with Gasteiger partial charge in [-0.3, -0.25) is 4.90 Å². The topological polar surface area (TPSA) is 45.4 Å². The third-order valence-corrected chi connectivity index (χ3v) is 3.65. The van der Waals surface area contributed by atoms with Crippen molar-refractivity contribution >= 4 is 5.82 Å². The first-order valence-corrected chi connectivity index (χ1v) is 6.79. The molecule has 1 fully saturated rings. The van der Waals surface area contributed by atoms with Gasteiger partial charge in [0.05, 0.1) is 0 Å². The number of nitrogens with zero attached hydrogens (tertiary/aromatic N) is 3. The Labute approximate surface area is 110 Å². The van der Waals surface area contributed by atoms with Crippen molar-refractivity contribution in [1.29, 1.82) is 0 Å². The Kier molecular flexibility index (Phi) is 4.19. The maximum absolute atomic E-state index is 6.02. The SMILES string of the molecule is CC(C)N1CCN(c2ncccc2[C@H](C)N)CC1. The van der Waals surface area contributed by atoms with E-state index in [-0.39, 0.29) is 6.04 Å². The zero-order valence-electron chi connectivity index (χ0n) is 11.6. The predicted octanol–water partition coefficient (Wildman–Crippen LogP) is 1.63. The van der Waals surface area contributed by atoms with E-state index < -0.39 is 0 Å². The summed E-state index contributed by atoms with van der Waals surface area (Å²) < 4.78 is 0. The molecule has 0 aliphatic carbocycles. The van der Waals surface area contributed by atoms with Crippen molar-refractivity contribution in [3.63, 3.8) is 0 Å². The summed E-state index contributed by atoms with van der Waals surface area (Å²) in [6, 6.07) is 4.72. The smallest absolute Gasteiger partial charge is 0.133 e. The molecule has 2 heterocycles. The summed E-state index contributed by atoms with van der Waals surface area (Å²) in [6.07, 6.45) is 1.86. The minimum absolute atomic E-state index is 0.0387. The standard InChI is InChI=1S/C14H24N4/c1-11(2)17-7-9-18(10-8-17)14-13(12(3)15)5-4-6-16-14/h4-6,11-12H,7-10,15H2,1-3H3/t12-/m0/s1. The normalized spacial score (nSPS) is 19.3. The van der Waals surface area contributed by atoms with E-state index in [1.807, 2.05) is 19.2 Å². The molecule has 2 N–H and O–H groups in total. The Bertz CT molecular complexity index is 381. The lowest BCUT2D eigenvalue weighted by Crippen LogP contribution is -2.49. The molecule has 1 aliphatic heterocycles. The number of hydrogen-bond donors (Lipinski definition) is 1. The summed E-state index contributed by atoms with van der Waals surface area (Å²) in [4.78, 5) is 9.38. The number of piperazine rings is 1. The molecule has 0 saturated carbocycles. The molecule has 1 atom stereocenters. The molecule has 0 amide bonds. The third kappa shape index (κ3) is 2.82. The van der Waals surface area contributed by atoms with Crippen molar-refractivity contribution in [2.75, 3.05) is 31.1 Å². The van der Waals surface area contributed by atoms with Crippen molar-refractivity contribution in [3.05, 3.63) is 23.9 Å². The second-order valence-corrected chi connectivity index (χ2v) is 5.32. The van der Waals surface area contributed by atoms with Crippen LogP contribution >= 0.6 is 0 Å². The van der Waals surface area contributed by atoms with Gasteiger partial charge in [-0.15, -0.1) is 0 Å². The fourth-order valence-electron chi connectivity index (χ4n) is 2.48. The number of nitrogens with two attached hydrogens (primary N) is 1. The molecule has 0 radical (unpaired) electrons. The predicted molar refractivity (Wildman–Crippen MR) is 75.8 cm³/mol. The van der Waals surface area contributed by atoms with Gasteiger partial charge in [-0.2, -0.15) is 0 Å². The fraction of sp³-hybridized carbons (Fsp3) is 0.643. The Morgan fingerprint density at radius 3 is 2.39 bits per heavy atom. The van der Waals surface area contributed by atoms with Gasteiger partial charge in [0.25, 0.3) is 0 Å². The van der Waals surface area contributed by atoms with E-state index in [4.69, 9.17) is 5.73 Å². The van der Waals surface area contributed by atoms with Crippen LogP contribution in [0.15, 0.2) is 18.3 Å². The maximum atomic E-state index is 6.02. The molecule has 0 spiro atoms. The van der Waals surface area contributed by atoms with Gasteiger partial charge >= 0.3 is 0 Å². The van der Waals surface area contributed by atoms with Gasteiger partial charge in [0, 0.05) is 50.0 Å². The molecule has 2 rings (SSSR count). The number of hydrogen-bond acceptors (Lipinski definition) is 4. The van der Waals surface area contributed by atoms with Crippen LogP contribution < -0.4 is 10.6 Å². The van der Waals surface area contributed by atoms with Crippen LogP contribution in [-0.2, 0) is 0 Å². The summed E-state index contributed by atoms with van der Waals surface area (Å²) in [5, 5.41) is 0. The summed E-state index contributed by atoms with van der Waals surface area (Å²) in [7, 11) is 0. The van der Waals surface area contributed by atoms with Crippen LogP contribution in [0.5, 0.6) is 0 Å². The minimum Gasteiger partial charge on any atom is -0.354 e. The summed E-state index contributed by atoms with van der Waals surface area (Å²) in [5.74, 6) is 1.07. The van der Waals surface area contributed by atoms with Crippen LogP contribution in [0.25, 0.3) is 0 Å². The number of anilines is 1. The van der Waals surface area contributed by atoms with Gasteiger partial charge in [-0.25, -0.2) is 4.98 Å². The van der Waals surface area contributed by atoms with Crippen LogP contribution in [-0.4, -0.2) is 42.1 Å². The maximum Gasteiger partial charge on any atom is 0.133 e. The molecule has 4 nitrogen and oxygen atoms in total. The molecular formula is C14H24N4. The highest BCUT2D eigenvalue weighted by Crippen LogP contribution is 2.23. The van der Waals surface area contributed by atoms with E-state index in [9.17, 15) is 0 Å². The molecule has 0 aromatic carbocycles. The van der Waals surface area contributed by atoms with Gasteiger partial charge in [0.1, 0.15) is 5.82 Å². The highest BCUT2D eigenvalue weighted by atomic mass is 15.3. The first kappa shape index (κ1) is 13.3. The van der Waals surface area contributed by atoms with E-state index >= 15 is 0 Å². The van der Waals surface area contributed by atoms with Crippen molar-refractivity contribution in [2.45, 2.75) is 32.9 Å². The molecule has 1 aromatic rings. The first-order chi connectivity index (χ1) is 8.59. The summed E-state index contributed by atoms with van der Waals surface area (Å²) in [6.45, 7) is 10.8. The highest BCUT2D eigenvalue weighted by molar-refractivity contribution is 5.48. The molecule has 1 saturated heterocycles. The lowest BCUT2D eigenvalue weighted by molar-refractivity contribution is 0.209. The molecule has 0 unspecified atom stereocenters. The van der Waals surface area contributed by atoms with Gasteiger partial charge in [-0.1, -0.05) is 6.07 Å². The van der Waals surface area contributed by atoms with E-state index in [2.05, 4.69) is 34.7 Å². The molecule has 1 aliphatic rings. The zero-order valence-corrected chi connectivity index (χ0v) is 11.6. The van der Waals surface area contributed by atoms with Gasteiger partial charge in [0.2, 0.25) is 0 Å². The molecule has 100 valence electrons. The average molecular weight is 248 g/mol. The first-order valence-electron chi connectivity index (χ1n) is 6.79. The second-order valence-electron chi connectivity index (χ2n) is 5.32. The summed E-state index contributed by atoms with van der Waals surface area (Å²) >= 11 is 0. The van der Waals surface area contributed by atoms with E-state index in [0.29, 0.717) is 6.04 Å². The monoisotopic (exact) mass is 248 g/mol. The second kappa shape index (κ2) is 5.67. The van der Waals surface area contributed by atoms with Crippen molar-refractivity contribution in [3.8, 4) is 0 Å². The number of rotatable bonds is 3. The van der Waals surface area contributed by atoms with Crippen molar-refractivity contribution in [1.82, 2.24) is 9.88 Å². The van der Waals surface area contributed by atoms with Gasteiger partial charge in [0.15, 0.2) is 0 Å². The molecule has 18 heavy (non-hydrogen) atoms. The van der Waals surface area contributed by atoms with Crippen LogP contribution in [0, 0.1) is 0 Å². The van der Waals surface area contributed by atoms with Crippen LogP contribution in [0.4, 0.5) is 5.82 Å². The Hall–Kier alpha value is -1.13. The average Bonchev–Trinajstić information content (AvgIpc) is 2.39. The lowest BCUT2D eigenvalue weighted by Gasteiger charge is -2.38. The molecule has 0 bridgehead atoms. The summed E-state index contributed by atoms with van der Waals surface area (Å²) in [5.41, 5.74) is 7.17. The lowest BCUT2D eigenvalue weighted by atomic mass is 10.1. The van der Waals surface area contributed by atoms with E-state index in [0.717, 1.165) is 37.6 Å².